The van der Waals surface area contributed by atoms with E-state index in [1.54, 1.807) is 38.1 Å². The molecule has 0 fully saturated rings. The minimum Gasteiger partial charge on any atom is -0.496 e. The topological polar surface area (TPSA) is 78.9 Å². The lowest BCUT2D eigenvalue weighted by atomic mass is 9.89. The van der Waals surface area contributed by atoms with E-state index >= 15 is 0 Å². The van der Waals surface area contributed by atoms with Crippen molar-refractivity contribution in [3.8, 4) is 17.2 Å². The number of carbonyl (C=O) groups excluding carboxylic acids is 2. The van der Waals surface area contributed by atoms with E-state index in [2.05, 4.69) is 0 Å². The Labute approximate surface area is 200 Å². The third-order valence-corrected chi connectivity index (χ3v) is 8.13. The Kier molecular flexibility index (Phi) is 7.63. The van der Waals surface area contributed by atoms with Crippen LogP contribution in [0.15, 0.2) is 42.5 Å². The highest BCUT2D eigenvalue weighted by Crippen LogP contribution is 2.41. The SMILES string of the molecule is COc1cc(OC)c(C(=O)[PH](=O)c2c(C)c(C)c(C(=O)c3ccccc3)c(C)c2C)c(OC)c1. The monoisotopic (exact) mass is 480 g/mol. The van der Waals surface area contributed by atoms with E-state index in [4.69, 9.17) is 14.2 Å². The molecule has 7 heteroatoms. The van der Waals surface area contributed by atoms with Gasteiger partial charge in [-0.2, -0.15) is 0 Å². The van der Waals surface area contributed by atoms with E-state index in [-0.39, 0.29) is 22.8 Å². The molecule has 0 saturated heterocycles. The van der Waals surface area contributed by atoms with Gasteiger partial charge in [0, 0.05) is 28.6 Å². The van der Waals surface area contributed by atoms with Gasteiger partial charge in [-0.05, 0) is 49.9 Å². The van der Waals surface area contributed by atoms with Crippen LogP contribution in [-0.4, -0.2) is 32.6 Å². The van der Waals surface area contributed by atoms with Gasteiger partial charge >= 0.3 is 0 Å². The Morgan fingerprint density at radius 2 is 1.21 bits per heavy atom. The van der Waals surface area contributed by atoms with Crippen LogP contribution in [0.2, 0.25) is 0 Å². The maximum atomic E-state index is 13.7. The van der Waals surface area contributed by atoms with Crippen LogP contribution in [0.4, 0.5) is 0 Å². The van der Waals surface area contributed by atoms with Crippen LogP contribution in [0, 0.1) is 27.7 Å². The molecule has 0 amide bonds. The Morgan fingerprint density at radius 3 is 1.65 bits per heavy atom. The summed E-state index contributed by atoms with van der Waals surface area (Å²) >= 11 is 0. The molecule has 6 nitrogen and oxygen atoms in total. The zero-order chi connectivity index (χ0) is 25.2. The van der Waals surface area contributed by atoms with E-state index < -0.39 is 13.3 Å². The first-order chi connectivity index (χ1) is 16.2. The number of hydrogen-bond acceptors (Lipinski definition) is 6. The van der Waals surface area contributed by atoms with Crippen LogP contribution in [0.3, 0.4) is 0 Å². The molecule has 3 aromatic carbocycles. The summed E-state index contributed by atoms with van der Waals surface area (Å²) in [4.78, 5) is 26.8. The van der Waals surface area contributed by atoms with Crippen molar-refractivity contribution in [3.05, 3.63) is 81.4 Å². The molecule has 0 aliphatic rings. The minimum absolute atomic E-state index is 0.0992. The molecule has 0 bridgehead atoms. The third kappa shape index (κ3) is 4.38. The van der Waals surface area contributed by atoms with Gasteiger partial charge in [0.05, 0.1) is 21.3 Å². The second-order valence-corrected chi connectivity index (χ2v) is 9.62. The second kappa shape index (κ2) is 10.3. The lowest BCUT2D eigenvalue weighted by Gasteiger charge is -2.20. The molecule has 3 rings (SSSR count). The van der Waals surface area contributed by atoms with Crippen molar-refractivity contribution in [2.75, 3.05) is 21.3 Å². The number of ether oxygens (including phenoxy) is 3. The molecule has 0 saturated carbocycles. The molecule has 0 spiro atoms. The van der Waals surface area contributed by atoms with Gasteiger partial charge in [0.1, 0.15) is 22.8 Å². The summed E-state index contributed by atoms with van der Waals surface area (Å²) in [5.41, 5.74) is 3.46. The summed E-state index contributed by atoms with van der Waals surface area (Å²) in [6.45, 7) is 7.26. The van der Waals surface area contributed by atoms with Crippen molar-refractivity contribution in [3.63, 3.8) is 0 Å². The van der Waals surface area contributed by atoms with Gasteiger partial charge in [0.25, 0.3) is 0 Å². The summed E-state index contributed by atoms with van der Waals surface area (Å²) in [6.07, 6.45) is 0. The molecule has 0 heterocycles. The summed E-state index contributed by atoms with van der Waals surface area (Å²) in [6, 6.07) is 12.2. The number of methoxy groups -OCH3 is 3. The molecule has 0 N–H and O–H groups in total. The van der Waals surface area contributed by atoms with Gasteiger partial charge < -0.3 is 18.8 Å². The van der Waals surface area contributed by atoms with Crippen molar-refractivity contribution >= 4 is 24.4 Å². The van der Waals surface area contributed by atoms with Gasteiger partial charge in [-0.15, -0.1) is 0 Å². The number of rotatable bonds is 8. The van der Waals surface area contributed by atoms with Crippen molar-refractivity contribution in [1.29, 1.82) is 0 Å². The number of ketones is 1. The van der Waals surface area contributed by atoms with E-state index in [9.17, 15) is 14.2 Å². The number of hydrogen-bond donors (Lipinski definition) is 0. The highest BCUT2D eigenvalue weighted by atomic mass is 31.1. The molecule has 0 radical (unpaired) electrons. The predicted octanol–water partition coefficient (Wildman–Crippen LogP) is 5.20. The van der Waals surface area contributed by atoms with Crippen molar-refractivity contribution in [2.24, 2.45) is 0 Å². The molecule has 34 heavy (non-hydrogen) atoms. The fourth-order valence-corrected chi connectivity index (χ4v) is 5.94. The van der Waals surface area contributed by atoms with Gasteiger partial charge in [-0.1, -0.05) is 30.3 Å². The molecule has 1 atom stereocenters. The van der Waals surface area contributed by atoms with Crippen molar-refractivity contribution in [1.82, 2.24) is 0 Å². The smallest absolute Gasteiger partial charge is 0.230 e. The van der Waals surface area contributed by atoms with Crippen LogP contribution in [-0.2, 0) is 4.57 Å². The van der Waals surface area contributed by atoms with Gasteiger partial charge in [-0.3, -0.25) is 9.59 Å². The fourth-order valence-electron chi connectivity index (χ4n) is 4.18. The minimum atomic E-state index is -2.99. The molecule has 3 aromatic rings. The number of carbonyl (C=O) groups is 2. The summed E-state index contributed by atoms with van der Waals surface area (Å²) in [5, 5.41) is 0.467. The normalized spacial score (nSPS) is 11.6. The highest BCUT2D eigenvalue weighted by Gasteiger charge is 2.30. The van der Waals surface area contributed by atoms with Crippen LogP contribution < -0.4 is 19.5 Å². The summed E-state index contributed by atoms with van der Waals surface area (Å²) in [5.74, 6) is 0.795. The van der Waals surface area contributed by atoms with E-state index in [0.717, 1.165) is 0 Å². The molecule has 1 unspecified atom stereocenters. The standard InChI is InChI=1S/C27H29O6P/c1-15-17(3)26(18(4)16(2)23(15)25(28)19-11-9-8-10-12-19)34(30)27(29)24-21(32-6)13-20(31-5)14-22(24)33-7/h8-14,34H,1-7H3. The van der Waals surface area contributed by atoms with Crippen LogP contribution in [0.5, 0.6) is 17.2 Å². The quantitative estimate of drug-likeness (QED) is 0.326. The molecule has 0 aliphatic carbocycles. The lowest BCUT2D eigenvalue weighted by Crippen LogP contribution is -2.20. The lowest BCUT2D eigenvalue weighted by molar-refractivity contribution is 0.103. The first-order valence-electron chi connectivity index (χ1n) is 10.8. The molecule has 178 valence electrons. The highest BCUT2D eigenvalue weighted by molar-refractivity contribution is 7.71. The Hall–Kier alpha value is -3.37. The van der Waals surface area contributed by atoms with Gasteiger partial charge in [-0.25, -0.2) is 0 Å². The molecule has 0 aromatic heterocycles. The summed E-state index contributed by atoms with van der Waals surface area (Å²) < 4.78 is 29.8. The van der Waals surface area contributed by atoms with Crippen molar-refractivity contribution in [2.45, 2.75) is 27.7 Å². The largest absolute Gasteiger partial charge is 0.496 e. The maximum Gasteiger partial charge on any atom is 0.230 e. The Bertz CT molecular complexity index is 1240. The maximum absolute atomic E-state index is 13.7. The van der Waals surface area contributed by atoms with E-state index in [1.807, 2.05) is 32.0 Å². The van der Waals surface area contributed by atoms with Crippen molar-refractivity contribution < 1.29 is 28.4 Å². The zero-order valence-electron chi connectivity index (χ0n) is 20.5. The zero-order valence-corrected chi connectivity index (χ0v) is 21.5. The average Bonchev–Trinajstić information content (AvgIpc) is 2.86. The molecular weight excluding hydrogens is 451 g/mol. The van der Waals surface area contributed by atoms with Crippen LogP contribution in [0.25, 0.3) is 0 Å². The average molecular weight is 480 g/mol. The second-order valence-electron chi connectivity index (χ2n) is 8.01. The fraction of sp³-hybridized carbons (Fsp3) is 0.259. The first-order valence-corrected chi connectivity index (χ1v) is 12.2. The Morgan fingerprint density at radius 1 is 0.706 bits per heavy atom. The van der Waals surface area contributed by atoms with E-state index in [1.165, 1.54) is 21.3 Å². The number of benzene rings is 3. The van der Waals surface area contributed by atoms with Crippen LogP contribution >= 0.6 is 7.80 Å². The van der Waals surface area contributed by atoms with Crippen LogP contribution in [0.1, 0.15) is 48.5 Å². The molecule has 0 aliphatic heterocycles. The Balaban J connectivity index is 2.16. The van der Waals surface area contributed by atoms with Gasteiger partial charge in [0.15, 0.2) is 13.6 Å². The molecular formula is C27H29O6P. The predicted molar refractivity (Wildman–Crippen MR) is 134 cm³/mol. The van der Waals surface area contributed by atoms with Gasteiger partial charge in [0.2, 0.25) is 5.52 Å². The van der Waals surface area contributed by atoms with E-state index in [0.29, 0.717) is 44.4 Å². The third-order valence-electron chi connectivity index (χ3n) is 6.26. The summed E-state index contributed by atoms with van der Waals surface area (Å²) in [7, 11) is 1.36. The first kappa shape index (κ1) is 25.3.